The van der Waals surface area contributed by atoms with Crippen molar-refractivity contribution in [2.24, 2.45) is 0 Å². The van der Waals surface area contributed by atoms with Gasteiger partial charge in [-0.3, -0.25) is 15.1 Å². The molecule has 3 aromatic rings. The lowest BCUT2D eigenvalue weighted by molar-refractivity contribution is -0.384. The van der Waals surface area contributed by atoms with E-state index in [0.717, 1.165) is 11.3 Å². The molecule has 10 heteroatoms. The quantitative estimate of drug-likeness (QED) is 0.215. The molecule has 0 aliphatic carbocycles. The normalized spacial score (nSPS) is 11.4. The SMILES string of the molecule is CCOC(=O)c1cc(C(=O)OCC)c(CC(Nc2ccc(OC)cc2)c2ccc([N+](=O)[O-])cc2)nc1C. The van der Waals surface area contributed by atoms with Crippen molar-refractivity contribution >= 4 is 23.3 Å². The molecule has 2 aromatic carbocycles. The third kappa shape index (κ3) is 6.81. The molecule has 3 rings (SSSR count). The van der Waals surface area contributed by atoms with Crippen molar-refractivity contribution < 1.29 is 28.7 Å². The zero-order valence-corrected chi connectivity index (χ0v) is 21.1. The molecule has 1 heterocycles. The summed E-state index contributed by atoms with van der Waals surface area (Å²) in [6, 6.07) is 14.5. The lowest BCUT2D eigenvalue weighted by Crippen LogP contribution is -2.20. The highest BCUT2D eigenvalue weighted by atomic mass is 16.6. The Labute approximate surface area is 214 Å². The van der Waals surface area contributed by atoms with Gasteiger partial charge in [-0.1, -0.05) is 12.1 Å². The monoisotopic (exact) mass is 507 g/mol. The molecule has 1 unspecified atom stereocenters. The lowest BCUT2D eigenvalue weighted by Gasteiger charge is -2.22. The fourth-order valence-electron chi connectivity index (χ4n) is 3.77. The van der Waals surface area contributed by atoms with Crippen LogP contribution in [0.5, 0.6) is 5.75 Å². The molecule has 0 saturated carbocycles. The lowest BCUT2D eigenvalue weighted by atomic mass is 9.97. The largest absolute Gasteiger partial charge is 0.497 e. The molecule has 194 valence electrons. The third-order valence-electron chi connectivity index (χ3n) is 5.62. The summed E-state index contributed by atoms with van der Waals surface area (Å²) < 4.78 is 15.6. The molecule has 1 N–H and O–H groups in total. The minimum absolute atomic E-state index is 0.0353. The van der Waals surface area contributed by atoms with Crippen LogP contribution >= 0.6 is 0 Å². The number of methoxy groups -OCH3 is 1. The van der Waals surface area contributed by atoms with Crippen LogP contribution in [0, 0.1) is 17.0 Å². The second-order valence-corrected chi connectivity index (χ2v) is 8.03. The van der Waals surface area contributed by atoms with Gasteiger partial charge in [0.25, 0.3) is 5.69 Å². The number of carbonyl (C=O) groups excluding carboxylic acids is 2. The molecular weight excluding hydrogens is 478 g/mol. The zero-order chi connectivity index (χ0) is 26.9. The fraction of sp³-hybridized carbons (Fsp3) is 0.296. The molecule has 1 aromatic heterocycles. The van der Waals surface area contributed by atoms with Gasteiger partial charge in [-0.25, -0.2) is 9.59 Å². The summed E-state index contributed by atoms with van der Waals surface area (Å²) in [6.45, 7) is 5.39. The van der Waals surface area contributed by atoms with Crippen LogP contribution in [0.4, 0.5) is 11.4 Å². The van der Waals surface area contributed by atoms with Crippen LogP contribution in [0.3, 0.4) is 0 Å². The number of nitro groups is 1. The van der Waals surface area contributed by atoms with Gasteiger partial charge < -0.3 is 19.5 Å². The first-order valence-corrected chi connectivity index (χ1v) is 11.8. The molecule has 10 nitrogen and oxygen atoms in total. The minimum Gasteiger partial charge on any atom is -0.497 e. The maximum absolute atomic E-state index is 12.9. The molecule has 0 amide bonds. The maximum atomic E-state index is 12.9. The first kappa shape index (κ1) is 27.1. The zero-order valence-electron chi connectivity index (χ0n) is 21.1. The van der Waals surface area contributed by atoms with Gasteiger partial charge in [0, 0.05) is 24.2 Å². The van der Waals surface area contributed by atoms with E-state index in [9.17, 15) is 19.7 Å². The van der Waals surface area contributed by atoms with E-state index >= 15 is 0 Å². The van der Waals surface area contributed by atoms with E-state index in [2.05, 4.69) is 10.3 Å². The molecule has 0 radical (unpaired) electrons. The number of pyridine rings is 1. The second kappa shape index (κ2) is 12.5. The molecule has 1 atom stereocenters. The summed E-state index contributed by atoms with van der Waals surface area (Å²) in [7, 11) is 1.58. The second-order valence-electron chi connectivity index (χ2n) is 8.03. The van der Waals surface area contributed by atoms with E-state index in [1.54, 1.807) is 52.1 Å². The van der Waals surface area contributed by atoms with Gasteiger partial charge in [-0.05, 0) is 56.7 Å². The summed E-state index contributed by atoms with van der Waals surface area (Å²) in [5.41, 5.74) is 2.63. The number of rotatable bonds is 11. The van der Waals surface area contributed by atoms with Crippen LogP contribution in [-0.4, -0.2) is 42.2 Å². The van der Waals surface area contributed by atoms with Gasteiger partial charge in [0.15, 0.2) is 0 Å². The smallest absolute Gasteiger partial charge is 0.340 e. The van der Waals surface area contributed by atoms with Gasteiger partial charge in [0.05, 0.1) is 53.8 Å². The van der Waals surface area contributed by atoms with Crippen LogP contribution in [0.2, 0.25) is 0 Å². The van der Waals surface area contributed by atoms with Crippen LogP contribution < -0.4 is 10.1 Å². The minimum atomic E-state index is -0.609. The van der Waals surface area contributed by atoms with Crippen LogP contribution in [0.15, 0.2) is 54.6 Å². The van der Waals surface area contributed by atoms with E-state index < -0.39 is 22.9 Å². The highest BCUT2D eigenvalue weighted by Gasteiger charge is 2.24. The number of non-ortho nitro benzene ring substituents is 1. The van der Waals surface area contributed by atoms with E-state index in [1.807, 2.05) is 12.1 Å². The average molecular weight is 508 g/mol. The number of aryl methyl sites for hydroxylation is 1. The predicted molar refractivity (Wildman–Crippen MR) is 137 cm³/mol. The van der Waals surface area contributed by atoms with E-state index in [1.165, 1.54) is 18.2 Å². The van der Waals surface area contributed by atoms with E-state index in [4.69, 9.17) is 14.2 Å². The molecule has 0 fully saturated rings. The number of hydrogen-bond donors (Lipinski definition) is 1. The molecule has 0 aliphatic rings. The van der Waals surface area contributed by atoms with Gasteiger partial charge in [0.2, 0.25) is 0 Å². The first-order valence-electron chi connectivity index (χ1n) is 11.8. The van der Waals surface area contributed by atoms with Crippen molar-refractivity contribution in [2.45, 2.75) is 33.2 Å². The Kier molecular flexibility index (Phi) is 9.15. The Morgan fingerprint density at radius 2 is 1.57 bits per heavy atom. The Hall–Kier alpha value is -4.47. The Balaban J connectivity index is 2.06. The molecule has 0 spiro atoms. The summed E-state index contributed by atoms with van der Waals surface area (Å²) >= 11 is 0. The number of carbonyl (C=O) groups is 2. The third-order valence-corrected chi connectivity index (χ3v) is 5.62. The number of nitrogens with zero attached hydrogens (tertiary/aromatic N) is 2. The van der Waals surface area contributed by atoms with Gasteiger partial charge in [0.1, 0.15) is 5.75 Å². The highest BCUT2D eigenvalue weighted by Crippen LogP contribution is 2.28. The number of anilines is 1. The molecule has 37 heavy (non-hydrogen) atoms. The molecular formula is C27H29N3O7. The summed E-state index contributed by atoms with van der Waals surface area (Å²) in [4.78, 5) is 40.6. The van der Waals surface area contributed by atoms with Crippen molar-refractivity contribution in [3.8, 4) is 5.75 Å². The number of esters is 2. The number of benzene rings is 2. The predicted octanol–water partition coefficient (Wildman–Crippen LogP) is 5.06. The van der Waals surface area contributed by atoms with Gasteiger partial charge in [-0.15, -0.1) is 0 Å². The standard InChI is InChI=1S/C27H29N3O7/c1-5-36-26(31)22-15-23(27(32)37-6-2)25(28-17(22)3)16-24(18-7-11-20(12-8-18)30(33)34)29-19-9-13-21(35-4)14-10-19/h7-15,24,29H,5-6,16H2,1-4H3. The number of aromatic nitrogens is 1. The Morgan fingerprint density at radius 3 is 2.11 bits per heavy atom. The maximum Gasteiger partial charge on any atom is 0.340 e. The average Bonchev–Trinajstić information content (AvgIpc) is 2.89. The summed E-state index contributed by atoms with van der Waals surface area (Å²) in [5.74, 6) is -0.496. The topological polar surface area (TPSA) is 130 Å². The van der Waals surface area contributed by atoms with Gasteiger partial charge >= 0.3 is 11.9 Å². The van der Waals surface area contributed by atoms with Gasteiger partial charge in [-0.2, -0.15) is 0 Å². The van der Waals surface area contributed by atoms with E-state index in [-0.39, 0.29) is 36.4 Å². The van der Waals surface area contributed by atoms with Crippen LogP contribution in [-0.2, 0) is 15.9 Å². The summed E-state index contributed by atoms with van der Waals surface area (Å²) in [6.07, 6.45) is 0.224. The van der Waals surface area contributed by atoms with Crippen molar-refractivity contribution in [3.63, 3.8) is 0 Å². The Bertz CT molecular complexity index is 1260. The number of nitrogens with one attached hydrogen (secondary N) is 1. The Morgan fingerprint density at radius 1 is 0.973 bits per heavy atom. The molecule has 0 aliphatic heterocycles. The highest BCUT2D eigenvalue weighted by molar-refractivity contribution is 5.96. The van der Waals surface area contributed by atoms with Crippen LogP contribution in [0.1, 0.15) is 57.6 Å². The first-order chi connectivity index (χ1) is 17.8. The summed E-state index contributed by atoms with van der Waals surface area (Å²) in [5, 5.41) is 14.6. The molecule has 0 bridgehead atoms. The van der Waals surface area contributed by atoms with E-state index in [0.29, 0.717) is 17.1 Å². The van der Waals surface area contributed by atoms with Crippen molar-refractivity contribution in [3.05, 3.63) is 92.8 Å². The van der Waals surface area contributed by atoms with Crippen molar-refractivity contribution in [1.29, 1.82) is 0 Å². The van der Waals surface area contributed by atoms with Crippen molar-refractivity contribution in [1.82, 2.24) is 4.98 Å². The number of nitro benzene ring substituents is 1. The fourth-order valence-corrected chi connectivity index (χ4v) is 3.77. The number of ether oxygens (including phenoxy) is 3. The van der Waals surface area contributed by atoms with Crippen molar-refractivity contribution in [2.75, 3.05) is 25.6 Å². The van der Waals surface area contributed by atoms with Crippen LogP contribution in [0.25, 0.3) is 0 Å². The molecule has 0 saturated heterocycles. The number of hydrogen-bond acceptors (Lipinski definition) is 9.